The molecule has 1 heterocycles. The van der Waals surface area contributed by atoms with Crippen molar-refractivity contribution in [1.29, 1.82) is 0 Å². The van der Waals surface area contributed by atoms with Crippen molar-refractivity contribution in [2.45, 2.75) is 59.8 Å². The van der Waals surface area contributed by atoms with E-state index in [1.165, 1.54) is 40.4 Å². The van der Waals surface area contributed by atoms with E-state index in [1.807, 2.05) is 11.3 Å². The Morgan fingerprint density at radius 1 is 1.35 bits per heavy atom. The molecule has 1 fully saturated rings. The Morgan fingerprint density at radius 2 is 2.09 bits per heavy atom. The van der Waals surface area contributed by atoms with Gasteiger partial charge < -0.3 is 5.32 Å². The number of rotatable bonds is 5. The van der Waals surface area contributed by atoms with Gasteiger partial charge in [0.1, 0.15) is 0 Å². The van der Waals surface area contributed by atoms with Gasteiger partial charge >= 0.3 is 0 Å². The fourth-order valence-electron chi connectivity index (χ4n) is 3.76. The third-order valence-electron chi connectivity index (χ3n) is 5.23. The van der Waals surface area contributed by atoms with Gasteiger partial charge in [-0.2, -0.15) is 0 Å². The summed E-state index contributed by atoms with van der Waals surface area (Å²) in [6.45, 7) is 9.30. The number of aryl methyl sites for hydroxylation is 2. The van der Waals surface area contributed by atoms with Gasteiger partial charge in [0.05, 0.1) is 16.6 Å². The van der Waals surface area contributed by atoms with Crippen LogP contribution in [0.1, 0.15) is 56.1 Å². The summed E-state index contributed by atoms with van der Waals surface area (Å²) in [5, 5.41) is 4.32. The van der Waals surface area contributed by atoms with E-state index in [2.05, 4.69) is 39.1 Å². The minimum Gasteiger partial charge on any atom is -0.355 e. The van der Waals surface area contributed by atoms with E-state index < -0.39 is 0 Å². The molecule has 23 heavy (non-hydrogen) atoms. The highest BCUT2D eigenvalue weighted by molar-refractivity contribution is 7.11. The SMILES string of the molecule is CC(C)=CC1C(C(=O)NCCc2nc3c(s2)CCCC3)C1(C)C. The molecule has 3 rings (SSSR count). The van der Waals surface area contributed by atoms with Crippen LogP contribution in [0.3, 0.4) is 0 Å². The number of nitrogens with zero attached hydrogens (tertiary/aromatic N) is 1. The molecule has 2 aliphatic carbocycles. The maximum Gasteiger partial charge on any atom is 0.224 e. The average Bonchev–Trinajstić information content (AvgIpc) is 2.82. The highest BCUT2D eigenvalue weighted by Crippen LogP contribution is 2.59. The molecule has 0 bridgehead atoms. The first-order valence-corrected chi connectivity index (χ1v) is 9.61. The van der Waals surface area contributed by atoms with Crippen LogP contribution in [0, 0.1) is 17.3 Å². The van der Waals surface area contributed by atoms with Crippen molar-refractivity contribution >= 4 is 17.2 Å². The number of carbonyl (C=O) groups is 1. The van der Waals surface area contributed by atoms with Crippen molar-refractivity contribution < 1.29 is 4.79 Å². The molecule has 1 aromatic rings. The minimum atomic E-state index is 0.0988. The molecule has 0 spiro atoms. The van der Waals surface area contributed by atoms with Gasteiger partial charge in [0.25, 0.3) is 0 Å². The fraction of sp³-hybridized carbons (Fsp3) is 0.684. The monoisotopic (exact) mass is 332 g/mol. The summed E-state index contributed by atoms with van der Waals surface area (Å²) in [5.74, 6) is 0.723. The Kier molecular flexibility index (Phi) is 4.63. The largest absolute Gasteiger partial charge is 0.355 e. The number of hydrogen-bond acceptors (Lipinski definition) is 3. The molecular formula is C19H28N2OS. The Bertz CT molecular complexity index is 602. The van der Waals surface area contributed by atoms with Crippen molar-refractivity contribution in [1.82, 2.24) is 10.3 Å². The first-order valence-electron chi connectivity index (χ1n) is 8.80. The van der Waals surface area contributed by atoms with Crippen molar-refractivity contribution in [3.8, 4) is 0 Å². The first-order chi connectivity index (χ1) is 10.9. The van der Waals surface area contributed by atoms with Crippen LogP contribution in [-0.2, 0) is 24.1 Å². The van der Waals surface area contributed by atoms with Crippen molar-refractivity contribution in [2.75, 3.05) is 6.54 Å². The molecule has 0 saturated heterocycles. The predicted molar refractivity (Wildman–Crippen MR) is 95.7 cm³/mol. The van der Waals surface area contributed by atoms with E-state index in [1.54, 1.807) is 0 Å². The molecule has 1 aromatic heterocycles. The number of hydrogen-bond donors (Lipinski definition) is 1. The molecular weight excluding hydrogens is 304 g/mol. The molecule has 0 aromatic carbocycles. The molecule has 0 aliphatic heterocycles. The van der Waals surface area contributed by atoms with Crippen molar-refractivity contribution in [3.05, 3.63) is 27.2 Å². The zero-order chi connectivity index (χ0) is 16.6. The summed E-state index contributed by atoms with van der Waals surface area (Å²) in [6.07, 6.45) is 8.02. The van der Waals surface area contributed by atoms with E-state index in [4.69, 9.17) is 4.98 Å². The number of fused-ring (bicyclic) bond motifs is 1. The Morgan fingerprint density at radius 3 is 2.78 bits per heavy atom. The van der Waals surface area contributed by atoms with Gasteiger partial charge in [-0.3, -0.25) is 4.79 Å². The summed E-state index contributed by atoms with van der Waals surface area (Å²) >= 11 is 1.85. The molecule has 2 aliphatic rings. The highest BCUT2D eigenvalue weighted by Gasteiger charge is 2.60. The normalized spacial score (nSPS) is 24.7. The van der Waals surface area contributed by atoms with Gasteiger partial charge in [-0.15, -0.1) is 11.3 Å². The van der Waals surface area contributed by atoms with E-state index >= 15 is 0 Å². The molecule has 4 heteroatoms. The van der Waals surface area contributed by atoms with Crippen LogP contribution >= 0.6 is 11.3 Å². The predicted octanol–water partition coefficient (Wildman–Crippen LogP) is 3.92. The molecule has 126 valence electrons. The third-order valence-corrected chi connectivity index (χ3v) is 6.45. The van der Waals surface area contributed by atoms with Crippen LogP contribution in [0.5, 0.6) is 0 Å². The van der Waals surface area contributed by atoms with Crippen LogP contribution < -0.4 is 5.32 Å². The lowest BCUT2D eigenvalue weighted by molar-refractivity contribution is -0.123. The quantitative estimate of drug-likeness (QED) is 0.830. The van der Waals surface area contributed by atoms with Crippen LogP contribution in [0.4, 0.5) is 0 Å². The lowest BCUT2D eigenvalue weighted by atomic mass is 10.0. The molecule has 1 saturated carbocycles. The molecule has 3 nitrogen and oxygen atoms in total. The lowest BCUT2D eigenvalue weighted by Crippen LogP contribution is -2.28. The van der Waals surface area contributed by atoms with Gasteiger partial charge in [0.15, 0.2) is 0 Å². The smallest absolute Gasteiger partial charge is 0.224 e. The zero-order valence-corrected chi connectivity index (χ0v) is 15.6. The summed E-state index contributed by atoms with van der Waals surface area (Å²) in [6, 6.07) is 0. The molecule has 0 radical (unpaired) electrons. The standard InChI is InChI=1S/C19H28N2OS/c1-12(2)11-13-17(19(13,3)4)18(22)20-10-9-16-21-14-7-5-6-8-15(14)23-16/h11,13,17H,5-10H2,1-4H3,(H,20,22). The zero-order valence-electron chi connectivity index (χ0n) is 14.7. The van der Waals surface area contributed by atoms with Gasteiger partial charge in [-0.1, -0.05) is 25.5 Å². The van der Waals surface area contributed by atoms with Gasteiger partial charge in [0.2, 0.25) is 5.91 Å². The summed E-state index contributed by atoms with van der Waals surface area (Å²) in [5.41, 5.74) is 2.71. The van der Waals surface area contributed by atoms with Crippen molar-refractivity contribution in [3.63, 3.8) is 0 Å². The molecule has 2 unspecified atom stereocenters. The van der Waals surface area contributed by atoms with Crippen LogP contribution in [0.2, 0.25) is 0 Å². The third kappa shape index (κ3) is 3.52. The van der Waals surface area contributed by atoms with E-state index in [9.17, 15) is 4.79 Å². The average molecular weight is 333 g/mol. The topological polar surface area (TPSA) is 42.0 Å². The van der Waals surface area contributed by atoms with Crippen LogP contribution in [0.15, 0.2) is 11.6 Å². The number of carbonyl (C=O) groups excluding carboxylic acids is 1. The first kappa shape index (κ1) is 16.7. The summed E-state index contributed by atoms with van der Waals surface area (Å²) in [7, 11) is 0. The van der Waals surface area contributed by atoms with E-state index in [-0.39, 0.29) is 17.2 Å². The van der Waals surface area contributed by atoms with Crippen LogP contribution in [-0.4, -0.2) is 17.4 Å². The molecule has 1 amide bonds. The van der Waals surface area contributed by atoms with Crippen molar-refractivity contribution in [2.24, 2.45) is 17.3 Å². The number of nitrogens with one attached hydrogen (secondary N) is 1. The Balaban J connectivity index is 1.50. The van der Waals surface area contributed by atoms with Gasteiger partial charge in [-0.05, 0) is 50.9 Å². The number of aromatic nitrogens is 1. The number of amides is 1. The van der Waals surface area contributed by atoms with Gasteiger partial charge in [0, 0.05) is 17.8 Å². The lowest BCUT2D eigenvalue weighted by Gasteiger charge is -2.06. The molecule has 1 N–H and O–H groups in total. The summed E-state index contributed by atoms with van der Waals surface area (Å²) < 4.78 is 0. The highest BCUT2D eigenvalue weighted by atomic mass is 32.1. The Hall–Kier alpha value is -1.16. The summed E-state index contributed by atoms with van der Waals surface area (Å²) in [4.78, 5) is 18.7. The van der Waals surface area contributed by atoms with Gasteiger partial charge in [-0.25, -0.2) is 4.98 Å². The maximum absolute atomic E-state index is 12.4. The maximum atomic E-state index is 12.4. The van der Waals surface area contributed by atoms with Crippen LogP contribution in [0.25, 0.3) is 0 Å². The Labute approximate surface area is 143 Å². The minimum absolute atomic E-state index is 0.0988. The second-order valence-corrected chi connectivity index (χ2v) is 8.96. The number of thiazole rings is 1. The van der Waals surface area contributed by atoms with E-state index in [0.29, 0.717) is 12.5 Å². The second kappa shape index (κ2) is 6.39. The fourth-order valence-corrected chi connectivity index (χ4v) is 4.92. The van der Waals surface area contributed by atoms with E-state index in [0.717, 1.165) is 12.8 Å². The molecule has 2 atom stereocenters. The number of allylic oxidation sites excluding steroid dienone is 2. The second-order valence-electron chi connectivity index (χ2n) is 7.79.